The van der Waals surface area contributed by atoms with Crippen molar-refractivity contribution >= 4 is 0 Å². The summed E-state index contributed by atoms with van der Waals surface area (Å²) in [5.74, 6) is 4.92. The highest BCUT2D eigenvalue weighted by molar-refractivity contribution is 5.17. The van der Waals surface area contributed by atoms with Gasteiger partial charge in [0.2, 0.25) is 0 Å². The summed E-state index contributed by atoms with van der Waals surface area (Å²) in [5, 5.41) is 0. The molecule has 2 aliphatic carbocycles. The van der Waals surface area contributed by atoms with Gasteiger partial charge in [-0.2, -0.15) is 0 Å². The number of ether oxygens (including phenoxy) is 1. The van der Waals surface area contributed by atoms with Gasteiger partial charge in [-0.15, -0.1) is 6.58 Å². The zero-order valence-electron chi connectivity index (χ0n) is 21.2. The largest absolute Gasteiger partial charge is 0.377 e. The highest BCUT2D eigenvalue weighted by Gasteiger charge is 2.30. The molecule has 0 saturated heterocycles. The maximum atomic E-state index is 5.78. The molecule has 1 nitrogen and oxygen atoms in total. The third kappa shape index (κ3) is 8.36. The molecule has 0 N–H and O–H groups in total. The van der Waals surface area contributed by atoms with Gasteiger partial charge >= 0.3 is 0 Å². The van der Waals surface area contributed by atoms with Crippen LogP contribution in [0.25, 0.3) is 0 Å². The van der Waals surface area contributed by atoms with Crippen molar-refractivity contribution in [2.24, 2.45) is 29.6 Å². The van der Waals surface area contributed by atoms with Crippen LogP contribution in [0, 0.1) is 29.6 Å². The minimum absolute atomic E-state index is 0.256. The van der Waals surface area contributed by atoms with Crippen LogP contribution >= 0.6 is 0 Å². The number of unbranched alkanes of at least 4 members (excludes halogenated alkanes) is 1. The molecule has 32 heavy (non-hydrogen) atoms. The Morgan fingerprint density at radius 1 is 0.844 bits per heavy atom. The fourth-order valence-corrected chi connectivity index (χ4v) is 6.64. The molecule has 0 amide bonds. The number of benzene rings is 1. The van der Waals surface area contributed by atoms with E-state index in [9.17, 15) is 0 Å². The Morgan fingerprint density at radius 2 is 1.44 bits per heavy atom. The lowest BCUT2D eigenvalue weighted by Gasteiger charge is -2.38. The van der Waals surface area contributed by atoms with E-state index < -0.39 is 0 Å². The van der Waals surface area contributed by atoms with Gasteiger partial charge in [0.05, 0.1) is 6.10 Å². The summed E-state index contributed by atoms with van der Waals surface area (Å²) in [7, 11) is 1.86. The number of rotatable bonds is 13. The van der Waals surface area contributed by atoms with Crippen LogP contribution in [0.5, 0.6) is 0 Å². The Kier molecular flexibility index (Phi) is 11.4. The highest BCUT2D eigenvalue weighted by Crippen LogP contribution is 2.43. The fraction of sp³-hybridized carbons (Fsp3) is 0.742. The molecule has 2 saturated carbocycles. The van der Waals surface area contributed by atoms with E-state index in [0.717, 1.165) is 36.0 Å². The second-order valence-electron chi connectivity index (χ2n) is 11.2. The van der Waals surface area contributed by atoms with Gasteiger partial charge in [0.15, 0.2) is 0 Å². The van der Waals surface area contributed by atoms with Crippen molar-refractivity contribution in [1.29, 1.82) is 0 Å². The van der Waals surface area contributed by atoms with Gasteiger partial charge in [-0.05, 0) is 86.5 Å². The lowest BCUT2D eigenvalue weighted by atomic mass is 9.68. The summed E-state index contributed by atoms with van der Waals surface area (Å²) in [6.07, 6.45) is 23.7. The summed E-state index contributed by atoms with van der Waals surface area (Å²) < 4.78 is 5.78. The van der Waals surface area contributed by atoms with Crippen LogP contribution < -0.4 is 0 Å². The van der Waals surface area contributed by atoms with Crippen molar-refractivity contribution in [3.05, 3.63) is 48.6 Å². The summed E-state index contributed by atoms with van der Waals surface area (Å²) in [6, 6.07) is 10.7. The molecule has 1 aromatic rings. The number of hydrogen-bond donors (Lipinski definition) is 0. The third-order valence-electron chi connectivity index (χ3n) is 8.92. The first-order chi connectivity index (χ1) is 15.7. The minimum Gasteiger partial charge on any atom is -0.377 e. The van der Waals surface area contributed by atoms with Gasteiger partial charge in [0, 0.05) is 7.11 Å². The standard InChI is InChI=1S/C31H50O/c1-4-5-7-10-26-16-20-28(21-17-26)29-22-18-27(19-23-29)15-13-25(2)14-24-31(32-3)30-11-8-6-9-12-30/h4,6,8-9,11-12,25-29,31H,1,5,7,10,13-24H2,2-3H3/t25?,26-,27-,28-,29-,31?. The third-order valence-corrected chi connectivity index (χ3v) is 8.92. The van der Waals surface area contributed by atoms with E-state index in [-0.39, 0.29) is 6.10 Å². The Morgan fingerprint density at radius 3 is 2.00 bits per heavy atom. The molecule has 0 radical (unpaired) electrons. The lowest BCUT2D eigenvalue weighted by molar-refractivity contribution is 0.0886. The molecule has 3 rings (SSSR count). The zero-order valence-corrected chi connectivity index (χ0v) is 21.2. The number of hydrogen-bond acceptors (Lipinski definition) is 1. The Balaban J connectivity index is 1.28. The summed E-state index contributed by atoms with van der Waals surface area (Å²) in [5.41, 5.74) is 1.33. The molecule has 0 aromatic heterocycles. The van der Waals surface area contributed by atoms with Crippen molar-refractivity contribution < 1.29 is 4.74 Å². The quantitative estimate of drug-likeness (QED) is 0.220. The molecule has 2 unspecified atom stereocenters. The normalized spacial score (nSPS) is 28.2. The van der Waals surface area contributed by atoms with E-state index >= 15 is 0 Å². The van der Waals surface area contributed by atoms with E-state index in [4.69, 9.17) is 4.74 Å². The van der Waals surface area contributed by atoms with Crippen LogP contribution in [0.4, 0.5) is 0 Å². The monoisotopic (exact) mass is 438 g/mol. The van der Waals surface area contributed by atoms with Crippen LogP contribution in [-0.2, 0) is 4.74 Å². The second-order valence-corrected chi connectivity index (χ2v) is 11.2. The average Bonchev–Trinajstić information content (AvgIpc) is 2.85. The first-order valence-electron chi connectivity index (χ1n) is 13.9. The lowest BCUT2D eigenvalue weighted by Crippen LogP contribution is -2.26. The number of methoxy groups -OCH3 is 1. The molecule has 1 aromatic carbocycles. The van der Waals surface area contributed by atoms with E-state index in [0.29, 0.717) is 0 Å². The van der Waals surface area contributed by atoms with Crippen LogP contribution in [0.2, 0.25) is 0 Å². The summed E-state index contributed by atoms with van der Waals surface area (Å²) >= 11 is 0. The zero-order chi connectivity index (χ0) is 22.6. The molecule has 0 spiro atoms. The SMILES string of the molecule is C=CCCC[C@H]1CC[C@H]([C@H]2CC[C@H](CCC(C)CCC(OC)c3ccccc3)CC2)CC1. The van der Waals surface area contributed by atoms with Crippen LogP contribution in [0.15, 0.2) is 43.0 Å². The van der Waals surface area contributed by atoms with E-state index in [1.807, 2.05) is 7.11 Å². The number of allylic oxidation sites excluding steroid dienone is 1. The minimum atomic E-state index is 0.256. The van der Waals surface area contributed by atoms with Crippen molar-refractivity contribution in [3.8, 4) is 0 Å². The Bertz CT molecular complexity index is 607. The molecule has 1 heteroatoms. The average molecular weight is 439 g/mol. The van der Waals surface area contributed by atoms with E-state index in [1.165, 1.54) is 95.5 Å². The molecular weight excluding hydrogens is 388 g/mol. The highest BCUT2D eigenvalue weighted by atomic mass is 16.5. The molecular formula is C31H50O. The van der Waals surface area contributed by atoms with Gasteiger partial charge in [-0.25, -0.2) is 0 Å². The predicted octanol–water partition coefficient (Wildman–Crippen LogP) is 9.54. The predicted molar refractivity (Wildman–Crippen MR) is 139 cm³/mol. The van der Waals surface area contributed by atoms with Crippen LogP contribution in [0.3, 0.4) is 0 Å². The van der Waals surface area contributed by atoms with Gasteiger partial charge in [0.1, 0.15) is 0 Å². The van der Waals surface area contributed by atoms with Crippen molar-refractivity contribution in [3.63, 3.8) is 0 Å². The fourth-order valence-electron chi connectivity index (χ4n) is 6.64. The molecule has 0 bridgehead atoms. The molecule has 2 atom stereocenters. The first kappa shape index (κ1) is 25.5. The Labute approximate surface area is 199 Å². The van der Waals surface area contributed by atoms with Crippen LogP contribution in [0.1, 0.15) is 115 Å². The van der Waals surface area contributed by atoms with E-state index in [1.54, 1.807) is 0 Å². The van der Waals surface area contributed by atoms with Crippen LogP contribution in [-0.4, -0.2) is 7.11 Å². The van der Waals surface area contributed by atoms with Gasteiger partial charge in [-0.3, -0.25) is 0 Å². The Hall–Kier alpha value is -1.08. The van der Waals surface area contributed by atoms with E-state index in [2.05, 4.69) is 49.9 Å². The molecule has 180 valence electrons. The van der Waals surface area contributed by atoms with Crippen molar-refractivity contribution in [2.75, 3.05) is 7.11 Å². The van der Waals surface area contributed by atoms with Gasteiger partial charge < -0.3 is 4.74 Å². The van der Waals surface area contributed by atoms with Gasteiger partial charge in [-0.1, -0.05) is 88.3 Å². The molecule has 0 heterocycles. The molecule has 2 fully saturated rings. The summed E-state index contributed by atoms with van der Waals surface area (Å²) in [6.45, 7) is 6.33. The van der Waals surface area contributed by atoms with Crippen molar-refractivity contribution in [1.82, 2.24) is 0 Å². The summed E-state index contributed by atoms with van der Waals surface area (Å²) in [4.78, 5) is 0. The first-order valence-corrected chi connectivity index (χ1v) is 13.9. The smallest absolute Gasteiger partial charge is 0.0821 e. The topological polar surface area (TPSA) is 9.23 Å². The maximum Gasteiger partial charge on any atom is 0.0821 e. The second kappa shape index (κ2) is 14.2. The maximum absolute atomic E-state index is 5.78. The van der Waals surface area contributed by atoms with Gasteiger partial charge in [0.25, 0.3) is 0 Å². The molecule has 2 aliphatic rings. The molecule has 0 aliphatic heterocycles. The van der Waals surface area contributed by atoms with Crippen molar-refractivity contribution in [2.45, 2.75) is 109 Å².